The lowest BCUT2D eigenvalue weighted by Gasteiger charge is -2.40. The zero-order valence-electron chi connectivity index (χ0n) is 13.4. The van der Waals surface area contributed by atoms with Crippen LogP contribution in [0.25, 0.3) is 0 Å². The number of benzene rings is 1. The molecule has 1 aromatic rings. The molecule has 1 aliphatic rings. The van der Waals surface area contributed by atoms with Crippen molar-refractivity contribution in [1.29, 1.82) is 0 Å². The van der Waals surface area contributed by atoms with Gasteiger partial charge in [-0.25, -0.2) is 0 Å². The fraction of sp³-hybridized carbons (Fsp3) is 0.625. The number of nitrogens with zero attached hydrogens (tertiary/aromatic N) is 1. The van der Waals surface area contributed by atoms with Gasteiger partial charge in [0, 0.05) is 18.6 Å². The minimum absolute atomic E-state index is 0.156. The fourth-order valence-electron chi connectivity index (χ4n) is 2.88. The van der Waals surface area contributed by atoms with Crippen molar-refractivity contribution in [1.82, 2.24) is 4.90 Å². The van der Waals surface area contributed by atoms with Crippen molar-refractivity contribution in [2.45, 2.75) is 31.3 Å². The third kappa shape index (κ3) is 3.09. The Kier molecular flexibility index (Phi) is 5.31. The molecule has 2 N–H and O–H groups in total. The van der Waals surface area contributed by atoms with Crippen LogP contribution in [0.5, 0.6) is 17.2 Å². The van der Waals surface area contributed by atoms with Crippen molar-refractivity contribution in [3.8, 4) is 17.2 Å². The van der Waals surface area contributed by atoms with Gasteiger partial charge < -0.3 is 19.9 Å². The molecule has 0 amide bonds. The van der Waals surface area contributed by atoms with Crippen LogP contribution in [0.4, 0.5) is 0 Å². The molecule has 5 heteroatoms. The Morgan fingerprint density at radius 1 is 1.14 bits per heavy atom. The second kappa shape index (κ2) is 7.00. The zero-order valence-corrected chi connectivity index (χ0v) is 13.4. The van der Waals surface area contributed by atoms with Crippen molar-refractivity contribution >= 4 is 0 Å². The van der Waals surface area contributed by atoms with E-state index < -0.39 is 0 Å². The predicted molar refractivity (Wildman–Crippen MR) is 83.3 cm³/mol. The first-order chi connectivity index (χ1) is 10.2. The molecule has 1 fully saturated rings. The largest absolute Gasteiger partial charge is 0.493 e. The number of likely N-dealkylation sites (N-methyl/N-ethyl adjacent to an activating group) is 1. The number of nitrogens with two attached hydrogens (primary N) is 1. The number of ether oxygens (including phenoxy) is 3. The summed E-state index contributed by atoms with van der Waals surface area (Å²) in [5.74, 6) is 1.96. The molecule has 0 saturated heterocycles. The Labute approximate surface area is 127 Å². The summed E-state index contributed by atoms with van der Waals surface area (Å²) in [7, 11) is 7.02. The topological polar surface area (TPSA) is 57.0 Å². The lowest BCUT2D eigenvalue weighted by molar-refractivity contribution is 0.113. The number of methoxy groups -OCH3 is 3. The highest BCUT2D eigenvalue weighted by atomic mass is 16.5. The molecule has 0 aliphatic heterocycles. The van der Waals surface area contributed by atoms with E-state index in [1.165, 1.54) is 19.3 Å². The lowest BCUT2D eigenvalue weighted by atomic mass is 9.89. The number of rotatable bonds is 7. The van der Waals surface area contributed by atoms with Crippen LogP contribution in [0.3, 0.4) is 0 Å². The summed E-state index contributed by atoms with van der Waals surface area (Å²) < 4.78 is 16.2. The fourth-order valence-corrected chi connectivity index (χ4v) is 2.88. The molecular formula is C16H26N2O3. The number of hydrogen-bond donors (Lipinski definition) is 1. The van der Waals surface area contributed by atoms with Gasteiger partial charge >= 0.3 is 0 Å². The Morgan fingerprint density at radius 2 is 1.71 bits per heavy atom. The quantitative estimate of drug-likeness (QED) is 0.835. The second-order valence-electron chi connectivity index (χ2n) is 5.46. The van der Waals surface area contributed by atoms with Crippen LogP contribution in [0.15, 0.2) is 12.1 Å². The van der Waals surface area contributed by atoms with E-state index in [9.17, 15) is 0 Å². The maximum Gasteiger partial charge on any atom is 0.203 e. The monoisotopic (exact) mass is 294 g/mol. The summed E-state index contributed by atoms with van der Waals surface area (Å²) in [5.41, 5.74) is 7.12. The van der Waals surface area contributed by atoms with Crippen LogP contribution in [0.1, 0.15) is 30.9 Å². The van der Waals surface area contributed by atoms with E-state index in [0.29, 0.717) is 29.8 Å². The van der Waals surface area contributed by atoms with Gasteiger partial charge in [-0.15, -0.1) is 0 Å². The summed E-state index contributed by atoms with van der Waals surface area (Å²) in [6.07, 6.45) is 3.80. The van der Waals surface area contributed by atoms with Crippen molar-refractivity contribution < 1.29 is 14.2 Å². The van der Waals surface area contributed by atoms with Crippen molar-refractivity contribution in [3.63, 3.8) is 0 Å². The van der Waals surface area contributed by atoms with Crippen molar-refractivity contribution in [2.24, 2.45) is 5.73 Å². The Hall–Kier alpha value is -1.46. The molecule has 1 aromatic carbocycles. The standard InChI is InChI=1S/C16H26N2O3/c1-18(12-6-5-7-12)13(10-17)11-8-14(19-2)16(21-4)15(9-11)20-3/h8-9,12-13H,5-7,10,17H2,1-4H3. The van der Waals surface area contributed by atoms with E-state index in [1.807, 2.05) is 12.1 Å². The molecule has 0 aromatic heterocycles. The van der Waals surface area contributed by atoms with Gasteiger partial charge in [0.25, 0.3) is 0 Å². The molecule has 1 aliphatic carbocycles. The third-order valence-corrected chi connectivity index (χ3v) is 4.44. The van der Waals surface area contributed by atoms with Crippen LogP contribution in [-0.4, -0.2) is 45.9 Å². The first-order valence-electron chi connectivity index (χ1n) is 7.38. The van der Waals surface area contributed by atoms with Crippen LogP contribution < -0.4 is 19.9 Å². The van der Waals surface area contributed by atoms with E-state index in [2.05, 4.69) is 11.9 Å². The minimum atomic E-state index is 0.156. The van der Waals surface area contributed by atoms with Gasteiger partial charge in [-0.2, -0.15) is 0 Å². The van der Waals surface area contributed by atoms with E-state index >= 15 is 0 Å². The highest BCUT2D eigenvalue weighted by Gasteiger charge is 2.29. The molecule has 0 heterocycles. The highest BCUT2D eigenvalue weighted by molar-refractivity contribution is 5.54. The molecule has 2 rings (SSSR count). The van der Waals surface area contributed by atoms with Crippen LogP contribution >= 0.6 is 0 Å². The molecular weight excluding hydrogens is 268 g/mol. The molecule has 1 atom stereocenters. The van der Waals surface area contributed by atoms with E-state index in [0.717, 1.165) is 5.56 Å². The van der Waals surface area contributed by atoms with E-state index in [-0.39, 0.29) is 6.04 Å². The summed E-state index contributed by atoms with van der Waals surface area (Å²) in [4.78, 5) is 2.37. The SMILES string of the molecule is COc1cc(C(CN)N(C)C2CCC2)cc(OC)c1OC. The minimum Gasteiger partial charge on any atom is -0.493 e. The molecule has 0 spiro atoms. The second-order valence-corrected chi connectivity index (χ2v) is 5.46. The predicted octanol–water partition coefficient (Wildman–Crippen LogP) is 2.20. The highest BCUT2D eigenvalue weighted by Crippen LogP contribution is 2.41. The Balaban J connectivity index is 2.36. The normalized spacial score (nSPS) is 16.5. The Morgan fingerprint density at radius 3 is 2.05 bits per heavy atom. The molecule has 1 unspecified atom stereocenters. The summed E-state index contributed by atoms with van der Waals surface area (Å²) >= 11 is 0. The average molecular weight is 294 g/mol. The first-order valence-corrected chi connectivity index (χ1v) is 7.38. The van der Waals surface area contributed by atoms with Gasteiger partial charge in [-0.3, -0.25) is 4.90 Å². The van der Waals surface area contributed by atoms with Crippen LogP contribution in [-0.2, 0) is 0 Å². The third-order valence-electron chi connectivity index (χ3n) is 4.44. The van der Waals surface area contributed by atoms with Crippen LogP contribution in [0, 0.1) is 0 Å². The molecule has 5 nitrogen and oxygen atoms in total. The molecule has 0 bridgehead atoms. The molecule has 118 valence electrons. The summed E-state index contributed by atoms with van der Waals surface area (Å²) in [6.45, 7) is 0.561. The molecule has 0 radical (unpaired) electrons. The van der Waals surface area contributed by atoms with E-state index in [4.69, 9.17) is 19.9 Å². The van der Waals surface area contributed by atoms with Crippen molar-refractivity contribution in [3.05, 3.63) is 17.7 Å². The van der Waals surface area contributed by atoms with Gasteiger partial charge in [0.15, 0.2) is 11.5 Å². The zero-order chi connectivity index (χ0) is 15.4. The maximum absolute atomic E-state index is 6.02. The van der Waals surface area contributed by atoms with Crippen molar-refractivity contribution in [2.75, 3.05) is 34.9 Å². The van der Waals surface area contributed by atoms with Crippen LogP contribution in [0.2, 0.25) is 0 Å². The number of hydrogen-bond acceptors (Lipinski definition) is 5. The average Bonchev–Trinajstić information content (AvgIpc) is 2.44. The van der Waals surface area contributed by atoms with Gasteiger partial charge in [-0.1, -0.05) is 6.42 Å². The lowest BCUT2D eigenvalue weighted by Crippen LogP contribution is -2.42. The van der Waals surface area contributed by atoms with Gasteiger partial charge in [0.05, 0.1) is 21.3 Å². The van der Waals surface area contributed by atoms with Gasteiger partial charge in [0.1, 0.15) is 0 Å². The summed E-state index contributed by atoms with van der Waals surface area (Å²) in [6, 6.07) is 4.77. The first kappa shape index (κ1) is 15.9. The van der Waals surface area contributed by atoms with Gasteiger partial charge in [0.2, 0.25) is 5.75 Å². The summed E-state index contributed by atoms with van der Waals surface area (Å²) in [5, 5.41) is 0. The molecule has 21 heavy (non-hydrogen) atoms. The molecule has 1 saturated carbocycles. The smallest absolute Gasteiger partial charge is 0.203 e. The maximum atomic E-state index is 6.02. The Bertz CT molecular complexity index is 450. The van der Waals surface area contributed by atoms with Gasteiger partial charge in [-0.05, 0) is 37.6 Å². The van der Waals surface area contributed by atoms with E-state index in [1.54, 1.807) is 21.3 Å².